The summed E-state index contributed by atoms with van der Waals surface area (Å²) in [6, 6.07) is 12.8. The van der Waals surface area contributed by atoms with Gasteiger partial charge in [-0.25, -0.2) is 4.79 Å². The molecule has 0 fully saturated rings. The Kier molecular flexibility index (Phi) is 4.29. The quantitative estimate of drug-likeness (QED) is 0.816. The number of hydrogen-bond acceptors (Lipinski definition) is 2. The molecule has 0 aliphatic carbocycles. The highest BCUT2D eigenvalue weighted by atomic mass is 79.9. The van der Waals surface area contributed by atoms with Gasteiger partial charge in [-0.2, -0.15) is 0 Å². The molecule has 2 aromatic rings. The average molecular weight is 334 g/mol. The summed E-state index contributed by atoms with van der Waals surface area (Å²) < 4.78 is 0.881. The number of benzene rings is 2. The number of urea groups is 1. The highest BCUT2D eigenvalue weighted by Crippen LogP contribution is 2.26. The fourth-order valence-electron chi connectivity index (χ4n) is 1.78. The SMILES string of the molecule is Cc1ccc(NC(=O)N(C)c2ccc(Br)cc2N)cc1. The number of carbonyl (C=O) groups is 1. The lowest BCUT2D eigenvalue weighted by Gasteiger charge is -2.20. The Hall–Kier alpha value is -2.01. The molecule has 2 rings (SSSR count). The third-order valence-electron chi connectivity index (χ3n) is 2.96. The van der Waals surface area contributed by atoms with Gasteiger partial charge >= 0.3 is 6.03 Å². The van der Waals surface area contributed by atoms with Gasteiger partial charge in [-0.1, -0.05) is 33.6 Å². The highest BCUT2D eigenvalue weighted by Gasteiger charge is 2.13. The van der Waals surface area contributed by atoms with E-state index < -0.39 is 0 Å². The van der Waals surface area contributed by atoms with Crippen molar-refractivity contribution in [2.75, 3.05) is 23.0 Å². The van der Waals surface area contributed by atoms with Crippen LogP contribution in [0.25, 0.3) is 0 Å². The Labute approximate surface area is 126 Å². The molecule has 0 aromatic heterocycles. The van der Waals surface area contributed by atoms with E-state index in [0.29, 0.717) is 11.4 Å². The Morgan fingerprint density at radius 3 is 2.45 bits per heavy atom. The maximum absolute atomic E-state index is 12.2. The number of amides is 2. The molecule has 0 bridgehead atoms. The van der Waals surface area contributed by atoms with Gasteiger partial charge < -0.3 is 11.1 Å². The molecule has 0 heterocycles. The first-order valence-electron chi connectivity index (χ1n) is 6.14. The third-order valence-corrected chi connectivity index (χ3v) is 3.45. The van der Waals surface area contributed by atoms with Crippen molar-refractivity contribution in [3.8, 4) is 0 Å². The molecule has 0 aliphatic heterocycles. The normalized spacial score (nSPS) is 10.2. The summed E-state index contributed by atoms with van der Waals surface area (Å²) in [5.74, 6) is 0. The highest BCUT2D eigenvalue weighted by molar-refractivity contribution is 9.10. The molecule has 2 amide bonds. The van der Waals surface area contributed by atoms with Gasteiger partial charge in [0.05, 0.1) is 11.4 Å². The van der Waals surface area contributed by atoms with Crippen molar-refractivity contribution in [3.05, 3.63) is 52.5 Å². The van der Waals surface area contributed by atoms with Gasteiger partial charge in [-0.15, -0.1) is 0 Å². The smallest absolute Gasteiger partial charge is 0.326 e. The van der Waals surface area contributed by atoms with Gasteiger partial charge in [-0.3, -0.25) is 4.90 Å². The van der Waals surface area contributed by atoms with E-state index in [4.69, 9.17) is 5.73 Å². The van der Waals surface area contributed by atoms with Crippen LogP contribution in [0.3, 0.4) is 0 Å². The molecular weight excluding hydrogens is 318 g/mol. The Morgan fingerprint density at radius 2 is 1.85 bits per heavy atom. The van der Waals surface area contributed by atoms with Crippen LogP contribution in [0.2, 0.25) is 0 Å². The number of nitrogen functional groups attached to an aromatic ring is 1. The van der Waals surface area contributed by atoms with E-state index in [1.54, 1.807) is 19.2 Å². The molecule has 2 aromatic carbocycles. The second kappa shape index (κ2) is 5.96. The first kappa shape index (κ1) is 14.4. The molecule has 104 valence electrons. The summed E-state index contributed by atoms with van der Waals surface area (Å²) in [4.78, 5) is 13.7. The minimum absolute atomic E-state index is 0.233. The molecule has 0 radical (unpaired) electrons. The largest absolute Gasteiger partial charge is 0.397 e. The fraction of sp³-hybridized carbons (Fsp3) is 0.133. The molecule has 4 nitrogen and oxygen atoms in total. The van der Waals surface area contributed by atoms with E-state index in [1.807, 2.05) is 37.3 Å². The maximum atomic E-state index is 12.2. The van der Waals surface area contributed by atoms with Gasteiger partial charge in [0, 0.05) is 17.2 Å². The number of nitrogens with two attached hydrogens (primary N) is 1. The monoisotopic (exact) mass is 333 g/mol. The van der Waals surface area contributed by atoms with Gasteiger partial charge in [-0.05, 0) is 37.3 Å². The summed E-state index contributed by atoms with van der Waals surface area (Å²) in [7, 11) is 1.68. The third kappa shape index (κ3) is 3.30. The second-order valence-electron chi connectivity index (χ2n) is 4.56. The topological polar surface area (TPSA) is 58.4 Å². The molecule has 0 saturated carbocycles. The number of hydrogen-bond donors (Lipinski definition) is 2. The number of nitrogens with zero attached hydrogens (tertiary/aromatic N) is 1. The van der Waals surface area contributed by atoms with Crippen molar-refractivity contribution in [2.45, 2.75) is 6.92 Å². The van der Waals surface area contributed by atoms with Crippen LogP contribution < -0.4 is 16.0 Å². The number of nitrogens with one attached hydrogen (secondary N) is 1. The molecule has 0 saturated heterocycles. The van der Waals surface area contributed by atoms with Crippen molar-refractivity contribution in [1.82, 2.24) is 0 Å². The molecule has 0 unspecified atom stereocenters. The first-order chi connectivity index (χ1) is 9.47. The van der Waals surface area contributed by atoms with Gasteiger partial charge in [0.15, 0.2) is 0 Å². The minimum atomic E-state index is -0.233. The minimum Gasteiger partial charge on any atom is -0.397 e. The Morgan fingerprint density at radius 1 is 1.20 bits per heavy atom. The van der Waals surface area contributed by atoms with E-state index in [0.717, 1.165) is 15.7 Å². The molecule has 0 aliphatic rings. The van der Waals surface area contributed by atoms with E-state index in [1.165, 1.54) is 4.90 Å². The van der Waals surface area contributed by atoms with Gasteiger partial charge in [0.1, 0.15) is 0 Å². The number of anilines is 3. The number of rotatable bonds is 2. The Balaban J connectivity index is 2.14. The van der Waals surface area contributed by atoms with E-state index in [-0.39, 0.29) is 6.03 Å². The molecular formula is C15H16BrN3O. The summed E-state index contributed by atoms with van der Waals surface area (Å²) in [5, 5.41) is 2.83. The number of aryl methyl sites for hydroxylation is 1. The van der Waals surface area contributed by atoms with Crippen molar-refractivity contribution in [3.63, 3.8) is 0 Å². The van der Waals surface area contributed by atoms with Crippen LogP contribution in [0.15, 0.2) is 46.9 Å². The average Bonchev–Trinajstić information content (AvgIpc) is 2.40. The van der Waals surface area contributed by atoms with Crippen molar-refractivity contribution < 1.29 is 4.79 Å². The van der Waals surface area contributed by atoms with Crippen LogP contribution in [0.5, 0.6) is 0 Å². The lowest BCUT2D eigenvalue weighted by molar-refractivity contribution is 0.258. The maximum Gasteiger partial charge on any atom is 0.326 e. The van der Waals surface area contributed by atoms with E-state index in [2.05, 4.69) is 21.2 Å². The fourth-order valence-corrected chi connectivity index (χ4v) is 2.16. The van der Waals surface area contributed by atoms with Crippen molar-refractivity contribution in [2.24, 2.45) is 0 Å². The molecule has 0 atom stereocenters. The Bertz CT molecular complexity index is 626. The summed E-state index contributed by atoms with van der Waals surface area (Å²) in [5.41, 5.74) is 9.03. The van der Waals surface area contributed by atoms with E-state index in [9.17, 15) is 4.79 Å². The first-order valence-corrected chi connectivity index (χ1v) is 6.93. The molecule has 0 spiro atoms. The van der Waals surface area contributed by atoms with Crippen LogP contribution in [0.1, 0.15) is 5.56 Å². The van der Waals surface area contributed by atoms with E-state index >= 15 is 0 Å². The summed E-state index contributed by atoms with van der Waals surface area (Å²) in [6.07, 6.45) is 0. The van der Waals surface area contributed by atoms with Gasteiger partial charge in [0.2, 0.25) is 0 Å². The summed E-state index contributed by atoms with van der Waals surface area (Å²) >= 11 is 3.34. The zero-order valence-electron chi connectivity index (χ0n) is 11.4. The van der Waals surface area contributed by atoms with Gasteiger partial charge in [0.25, 0.3) is 0 Å². The van der Waals surface area contributed by atoms with Crippen molar-refractivity contribution >= 4 is 39.0 Å². The second-order valence-corrected chi connectivity index (χ2v) is 5.47. The molecule has 5 heteroatoms. The zero-order chi connectivity index (χ0) is 14.7. The lowest BCUT2D eigenvalue weighted by Crippen LogP contribution is -2.31. The lowest BCUT2D eigenvalue weighted by atomic mass is 10.2. The van der Waals surface area contributed by atoms with Crippen molar-refractivity contribution in [1.29, 1.82) is 0 Å². The van der Waals surface area contributed by atoms with Crippen LogP contribution in [-0.2, 0) is 0 Å². The molecule has 3 N–H and O–H groups in total. The van der Waals surface area contributed by atoms with Crippen LogP contribution in [0, 0.1) is 6.92 Å². The predicted molar refractivity (Wildman–Crippen MR) is 87.2 cm³/mol. The number of halogens is 1. The number of carbonyl (C=O) groups excluding carboxylic acids is 1. The summed E-state index contributed by atoms with van der Waals surface area (Å²) in [6.45, 7) is 2.00. The zero-order valence-corrected chi connectivity index (χ0v) is 12.9. The van der Waals surface area contributed by atoms with Crippen LogP contribution in [0.4, 0.5) is 21.9 Å². The molecule has 20 heavy (non-hydrogen) atoms. The van der Waals surface area contributed by atoms with Crippen LogP contribution >= 0.6 is 15.9 Å². The predicted octanol–water partition coefficient (Wildman–Crippen LogP) is 4.01. The standard InChI is InChI=1S/C15H16BrN3O/c1-10-3-6-12(7-4-10)18-15(20)19(2)14-8-5-11(16)9-13(14)17/h3-9H,17H2,1-2H3,(H,18,20). The van der Waals surface area contributed by atoms with Crippen LogP contribution in [-0.4, -0.2) is 13.1 Å².